The van der Waals surface area contributed by atoms with Crippen LogP contribution in [-0.4, -0.2) is 38.4 Å². The third-order valence-electron chi connectivity index (χ3n) is 7.06. The molecule has 42 heavy (non-hydrogen) atoms. The van der Waals surface area contributed by atoms with Crippen molar-refractivity contribution in [2.24, 2.45) is 0 Å². The molecule has 0 bridgehead atoms. The van der Waals surface area contributed by atoms with Crippen molar-refractivity contribution >= 4 is 0 Å². The fourth-order valence-electron chi connectivity index (χ4n) is 3.74. The van der Waals surface area contributed by atoms with Crippen molar-refractivity contribution in [3.63, 3.8) is 0 Å². The first-order valence-corrected chi connectivity index (χ1v) is 14.0. The molecule has 0 unspecified atom stereocenters. The smallest absolute Gasteiger partial charge is 0.216 e. The minimum atomic E-state index is 0.683. The molecule has 0 aliphatic heterocycles. The van der Waals surface area contributed by atoms with Gasteiger partial charge >= 0.3 is 0 Å². The molecule has 0 aliphatic rings. The Kier molecular flexibility index (Phi) is 15.1. The summed E-state index contributed by atoms with van der Waals surface area (Å²) in [6, 6.07) is 16.2. The van der Waals surface area contributed by atoms with Gasteiger partial charge in [0.2, 0.25) is 11.8 Å². The van der Waals surface area contributed by atoms with Crippen molar-refractivity contribution in [3.8, 4) is 23.3 Å². The quantitative estimate of drug-likeness (QED) is 0.243. The van der Waals surface area contributed by atoms with Crippen molar-refractivity contribution in [1.29, 1.82) is 0 Å². The Balaban J connectivity index is 0.000000280. The number of pyridine rings is 2. The highest BCUT2D eigenvalue weighted by atomic mass is 16.5. The number of aryl methyl sites for hydroxylation is 10. The van der Waals surface area contributed by atoms with E-state index in [1.807, 2.05) is 52.0 Å². The van der Waals surface area contributed by atoms with Gasteiger partial charge in [-0.3, -0.25) is 0 Å². The highest BCUT2D eigenvalue weighted by Gasteiger charge is 2.02. The lowest BCUT2D eigenvalue weighted by atomic mass is 10.1. The zero-order valence-electron chi connectivity index (χ0n) is 28.1. The molecule has 0 saturated heterocycles. The van der Waals surface area contributed by atoms with E-state index in [4.69, 9.17) is 18.9 Å². The predicted octanol–water partition coefficient (Wildman–Crippen LogP) is 8.66. The molecule has 4 rings (SSSR count). The summed E-state index contributed by atoms with van der Waals surface area (Å²) in [5, 5.41) is 0. The molecule has 228 valence electrons. The number of ether oxygens (including phenoxy) is 4. The van der Waals surface area contributed by atoms with Gasteiger partial charge < -0.3 is 18.9 Å². The lowest BCUT2D eigenvalue weighted by Crippen LogP contribution is -1.95. The maximum atomic E-state index is 5.18. The summed E-state index contributed by atoms with van der Waals surface area (Å²) in [6.45, 7) is 20.5. The normalized spacial score (nSPS) is 9.67. The summed E-state index contributed by atoms with van der Waals surface area (Å²) in [4.78, 5) is 8.44. The molecule has 0 amide bonds. The second-order valence-corrected chi connectivity index (χ2v) is 10.3. The second-order valence-electron chi connectivity index (χ2n) is 10.3. The van der Waals surface area contributed by atoms with Gasteiger partial charge in [0.1, 0.15) is 11.5 Å². The van der Waals surface area contributed by atoms with E-state index < -0.39 is 0 Å². The third-order valence-corrected chi connectivity index (χ3v) is 7.06. The SMILES string of the molecule is COc1cc(C)c(C)cc1C.COc1ccc(C)c(C)c1.COc1ccc(C)c(C)n1.COc1nc(C)c(C)cc1C. The largest absolute Gasteiger partial charge is 0.497 e. The summed E-state index contributed by atoms with van der Waals surface area (Å²) in [5.74, 6) is 3.33. The number of rotatable bonds is 4. The molecular weight excluding hydrogens is 524 g/mol. The molecule has 4 aromatic rings. The van der Waals surface area contributed by atoms with Crippen LogP contribution in [0.1, 0.15) is 55.9 Å². The average molecular weight is 575 g/mol. The molecule has 2 heterocycles. The van der Waals surface area contributed by atoms with Crippen LogP contribution in [0.2, 0.25) is 0 Å². The number of methoxy groups -OCH3 is 4. The fraction of sp³-hybridized carbons (Fsp3) is 0.389. The van der Waals surface area contributed by atoms with Crippen LogP contribution in [0.15, 0.2) is 48.5 Å². The van der Waals surface area contributed by atoms with Crippen molar-refractivity contribution in [2.45, 2.75) is 69.2 Å². The zero-order valence-corrected chi connectivity index (χ0v) is 28.1. The lowest BCUT2D eigenvalue weighted by molar-refractivity contribution is 0.393. The van der Waals surface area contributed by atoms with Crippen LogP contribution in [0.3, 0.4) is 0 Å². The first kappa shape index (κ1) is 36.0. The number of hydrogen-bond acceptors (Lipinski definition) is 6. The zero-order chi connectivity index (χ0) is 32.0. The molecule has 0 radical (unpaired) electrons. The minimum absolute atomic E-state index is 0.683. The van der Waals surface area contributed by atoms with Crippen LogP contribution < -0.4 is 18.9 Å². The molecule has 0 saturated carbocycles. The van der Waals surface area contributed by atoms with Gasteiger partial charge in [-0.05, 0) is 132 Å². The Bertz CT molecular complexity index is 1320. The van der Waals surface area contributed by atoms with E-state index in [0.717, 1.165) is 34.3 Å². The Morgan fingerprint density at radius 3 is 1.48 bits per heavy atom. The van der Waals surface area contributed by atoms with Crippen LogP contribution in [0, 0.1) is 69.2 Å². The summed E-state index contributed by atoms with van der Waals surface area (Å²) in [5.41, 5.74) is 12.0. The van der Waals surface area contributed by atoms with Gasteiger partial charge in [0.15, 0.2) is 0 Å². The van der Waals surface area contributed by atoms with Crippen molar-refractivity contribution in [3.05, 3.63) is 104 Å². The number of benzene rings is 2. The molecule has 0 atom stereocenters. The second kappa shape index (κ2) is 17.7. The van der Waals surface area contributed by atoms with Crippen molar-refractivity contribution < 1.29 is 18.9 Å². The summed E-state index contributed by atoms with van der Waals surface area (Å²) < 4.78 is 20.2. The molecule has 6 nitrogen and oxygen atoms in total. The van der Waals surface area contributed by atoms with E-state index in [2.05, 4.69) is 75.8 Å². The number of nitrogens with zero attached hydrogens (tertiary/aromatic N) is 2. The van der Waals surface area contributed by atoms with E-state index in [0.29, 0.717) is 5.88 Å². The predicted molar refractivity (Wildman–Crippen MR) is 175 cm³/mol. The van der Waals surface area contributed by atoms with Gasteiger partial charge in [0.05, 0.1) is 28.4 Å². The Morgan fingerprint density at radius 1 is 0.405 bits per heavy atom. The van der Waals surface area contributed by atoms with Gasteiger partial charge in [-0.2, -0.15) is 0 Å². The van der Waals surface area contributed by atoms with Crippen LogP contribution in [0.25, 0.3) is 0 Å². The van der Waals surface area contributed by atoms with Crippen LogP contribution in [0.4, 0.5) is 0 Å². The van der Waals surface area contributed by atoms with Gasteiger partial charge in [-0.1, -0.05) is 18.2 Å². The summed E-state index contributed by atoms with van der Waals surface area (Å²) >= 11 is 0. The Hall–Kier alpha value is -4.06. The number of hydrogen-bond donors (Lipinski definition) is 0. The number of aromatic nitrogens is 2. The van der Waals surface area contributed by atoms with E-state index in [-0.39, 0.29) is 0 Å². The molecule has 0 fully saturated rings. The monoisotopic (exact) mass is 574 g/mol. The van der Waals surface area contributed by atoms with Crippen LogP contribution in [-0.2, 0) is 0 Å². The molecule has 2 aromatic carbocycles. The maximum absolute atomic E-state index is 5.18. The standard InChI is InChI=1S/C10H14O.C9H13NO.C9H12O.C8H11NO/c1-7-5-9(3)10(11-4)6-8(7)2;1-6-5-7(2)9(11-4)10-8(6)3;1-7-4-5-9(10-3)6-8(7)2;1-6-4-5-8(10-3)9-7(6)2/h5-6H,1-4H3;5H,1-4H3;4-6H,1-3H3;4-5H,1-3H3. The molecule has 6 heteroatoms. The fourth-order valence-corrected chi connectivity index (χ4v) is 3.74. The molecule has 0 spiro atoms. The van der Waals surface area contributed by atoms with E-state index >= 15 is 0 Å². The summed E-state index contributed by atoms with van der Waals surface area (Å²) in [7, 11) is 6.66. The summed E-state index contributed by atoms with van der Waals surface area (Å²) in [6.07, 6.45) is 0. The average Bonchev–Trinajstić information content (AvgIpc) is 2.96. The van der Waals surface area contributed by atoms with Gasteiger partial charge in [-0.25, -0.2) is 9.97 Å². The molecule has 2 aromatic heterocycles. The maximum Gasteiger partial charge on any atom is 0.216 e. The van der Waals surface area contributed by atoms with Crippen LogP contribution in [0.5, 0.6) is 23.3 Å². The first-order valence-electron chi connectivity index (χ1n) is 14.0. The van der Waals surface area contributed by atoms with Gasteiger partial charge in [-0.15, -0.1) is 0 Å². The molecule has 0 N–H and O–H groups in total. The molecule has 0 aliphatic carbocycles. The van der Waals surface area contributed by atoms with Gasteiger partial charge in [0.25, 0.3) is 0 Å². The van der Waals surface area contributed by atoms with E-state index in [9.17, 15) is 0 Å². The van der Waals surface area contributed by atoms with E-state index in [1.165, 1.54) is 38.9 Å². The topological polar surface area (TPSA) is 62.7 Å². The van der Waals surface area contributed by atoms with E-state index in [1.54, 1.807) is 28.4 Å². The third kappa shape index (κ3) is 11.4. The lowest BCUT2D eigenvalue weighted by Gasteiger charge is -2.07. The first-order chi connectivity index (χ1) is 19.8. The van der Waals surface area contributed by atoms with Crippen molar-refractivity contribution in [1.82, 2.24) is 9.97 Å². The Morgan fingerprint density at radius 2 is 0.952 bits per heavy atom. The van der Waals surface area contributed by atoms with Crippen LogP contribution >= 0.6 is 0 Å². The molecular formula is C36H50N2O4. The van der Waals surface area contributed by atoms with Crippen molar-refractivity contribution in [2.75, 3.05) is 28.4 Å². The highest BCUT2D eigenvalue weighted by Crippen LogP contribution is 2.21. The Labute approximate surface area is 254 Å². The highest BCUT2D eigenvalue weighted by molar-refractivity contribution is 5.40. The minimum Gasteiger partial charge on any atom is -0.497 e. The van der Waals surface area contributed by atoms with Gasteiger partial charge in [0, 0.05) is 23.0 Å².